The van der Waals surface area contributed by atoms with E-state index in [-0.39, 0.29) is 0 Å². The minimum absolute atomic E-state index is 0.364. The molecular formula is C12H19N3O3S. The molecule has 2 amide bonds. The third-order valence-corrected chi connectivity index (χ3v) is 3.64. The summed E-state index contributed by atoms with van der Waals surface area (Å²) < 4.78 is 0. The lowest BCUT2D eigenvalue weighted by atomic mass is 10.1. The average molecular weight is 285 g/mol. The molecule has 0 saturated heterocycles. The molecule has 0 saturated carbocycles. The van der Waals surface area contributed by atoms with Crippen molar-refractivity contribution in [2.24, 2.45) is 0 Å². The van der Waals surface area contributed by atoms with E-state index in [0.717, 1.165) is 23.4 Å². The summed E-state index contributed by atoms with van der Waals surface area (Å²) in [5.74, 6) is -1.00. The van der Waals surface area contributed by atoms with Crippen LogP contribution in [0.4, 0.5) is 4.79 Å². The van der Waals surface area contributed by atoms with Crippen LogP contribution in [0.25, 0.3) is 0 Å². The predicted octanol–water partition coefficient (Wildman–Crippen LogP) is 1.89. The molecule has 1 rings (SSSR count). The lowest BCUT2D eigenvalue weighted by molar-refractivity contribution is -0.139. The van der Waals surface area contributed by atoms with Crippen LogP contribution in [0, 0.1) is 6.92 Å². The van der Waals surface area contributed by atoms with E-state index < -0.39 is 18.0 Å². The van der Waals surface area contributed by atoms with Crippen LogP contribution in [-0.2, 0) is 11.3 Å². The van der Waals surface area contributed by atoms with Gasteiger partial charge in [-0.1, -0.05) is 19.8 Å². The van der Waals surface area contributed by atoms with Crippen molar-refractivity contribution in [2.45, 2.75) is 45.7 Å². The van der Waals surface area contributed by atoms with E-state index in [4.69, 9.17) is 5.11 Å². The molecule has 0 fully saturated rings. The van der Waals surface area contributed by atoms with E-state index in [1.54, 1.807) is 5.51 Å². The maximum Gasteiger partial charge on any atom is 0.326 e. The van der Waals surface area contributed by atoms with Gasteiger partial charge >= 0.3 is 12.0 Å². The van der Waals surface area contributed by atoms with E-state index in [1.165, 1.54) is 11.3 Å². The Morgan fingerprint density at radius 3 is 2.79 bits per heavy atom. The van der Waals surface area contributed by atoms with Gasteiger partial charge in [-0.2, -0.15) is 0 Å². The maximum absolute atomic E-state index is 11.6. The van der Waals surface area contributed by atoms with Gasteiger partial charge in [0.1, 0.15) is 6.04 Å². The Kier molecular flexibility index (Phi) is 6.27. The molecule has 1 aromatic rings. The first-order valence-corrected chi connectivity index (χ1v) is 7.08. The van der Waals surface area contributed by atoms with Crippen molar-refractivity contribution in [1.82, 2.24) is 15.6 Å². The van der Waals surface area contributed by atoms with Gasteiger partial charge in [-0.3, -0.25) is 0 Å². The monoisotopic (exact) mass is 285 g/mol. The number of carboxylic acids is 1. The number of hydrogen-bond donors (Lipinski definition) is 3. The molecule has 7 heteroatoms. The minimum atomic E-state index is -1.00. The van der Waals surface area contributed by atoms with E-state index in [2.05, 4.69) is 15.6 Å². The molecule has 19 heavy (non-hydrogen) atoms. The Morgan fingerprint density at radius 2 is 2.26 bits per heavy atom. The Labute approximate surface area is 116 Å². The van der Waals surface area contributed by atoms with Crippen molar-refractivity contribution in [3.63, 3.8) is 0 Å². The summed E-state index contributed by atoms with van der Waals surface area (Å²) in [5, 5.41) is 14.1. The van der Waals surface area contributed by atoms with Crippen LogP contribution in [-0.4, -0.2) is 28.1 Å². The van der Waals surface area contributed by atoms with Gasteiger partial charge in [-0.25, -0.2) is 14.6 Å². The summed E-state index contributed by atoms with van der Waals surface area (Å²) in [5.41, 5.74) is 2.59. The number of aryl methyl sites for hydroxylation is 1. The molecule has 1 aromatic heterocycles. The SMILES string of the molecule is CCCC[C@H](NC(=O)NCc1scnc1C)C(=O)O. The van der Waals surface area contributed by atoms with Crippen LogP contribution < -0.4 is 10.6 Å². The number of carbonyl (C=O) groups excluding carboxylic acids is 1. The van der Waals surface area contributed by atoms with Crippen molar-refractivity contribution in [1.29, 1.82) is 0 Å². The van der Waals surface area contributed by atoms with E-state index >= 15 is 0 Å². The molecule has 1 heterocycles. The average Bonchev–Trinajstić information content (AvgIpc) is 2.77. The highest BCUT2D eigenvalue weighted by Crippen LogP contribution is 2.11. The number of aromatic nitrogens is 1. The molecule has 0 aliphatic rings. The van der Waals surface area contributed by atoms with Crippen molar-refractivity contribution in [3.8, 4) is 0 Å². The fraction of sp³-hybridized carbons (Fsp3) is 0.583. The van der Waals surface area contributed by atoms with Crippen LogP contribution in [0.15, 0.2) is 5.51 Å². The second kappa shape index (κ2) is 7.73. The van der Waals surface area contributed by atoms with Gasteiger partial charge in [0.15, 0.2) is 0 Å². The molecule has 0 radical (unpaired) electrons. The predicted molar refractivity (Wildman–Crippen MR) is 73.2 cm³/mol. The lowest BCUT2D eigenvalue weighted by Crippen LogP contribution is -2.45. The number of carbonyl (C=O) groups is 2. The molecule has 106 valence electrons. The van der Waals surface area contributed by atoms with E-state index in [1.807, 2.05) is 13.8 Å². The fourth-order valence-corrected chi connectivity index (χ4v) is 2.25. The molecule has 0 aliphatic carbocycles. The number of aliphatic carboxylic acids is 1. The summed E-state index contributed by atoms with van der Waals surface area (Å²) in [7, 11) is 0. The van der Waals surface area contributed by atoms with Gasteiger partial charge in [0.25, 0.3) is 0 Å². The lowest BCUT2D eigenvalue weighted by Gasteiger charge is -2.14. The number of thiazole rings is 1. The zero-order valence-electron chi connectivity index (χ0n) is 11.1. The topological polar surface area (TPSA) is 91.3 Å². The van der Waals surface area contributed by atoms with Crippen molar-refractivity contribution in [3.05, 3.63) is 16.1 Å². The van der Waals surface area contributed by atoms with Gasteiger partial charge in [-0.05, 0) is 13.3 Å². The first-order chi connectivity index (χ1) is 9.04. The largest absolute Gasteiger partial charge is 0.480 e. The number of rotatable bonds is 7. The van der Waals surface area contributed by atoms with Crippen molar-refractivity contribution < 1.29 is 14.7 Å². The highest BCUT2D eigenvalue weighted by atomic mass is 32.1. The van der Waals surface area contributed by atoms with Crippen molar-refractivity contribution in [2.75, 3.05) is 0 Å². The highest BCUT2D eigenvalue weighted by molar-refractivity contribution is 7.09. The van der Waals surface area contributed by atoms with Crippen LogP contribution in [0.1, 0.15) is 36.8 Å². The third kappa shape index (κ3) is 5.25. The third-order valence-electron chi connectivity index (χ3n) is 2.70. The molecule has 0 bridgehead atoms. The highest BCUT2D eigenvalue weighted by Gasteiger charge is 2.19. The van der Waals surface area contributed by atoms with Gasteiger partial charge in [0, 0.05) is 4.88 Å². The number of unbranched alkanes of at least 4 members (excludes halogenated alkanes) is 1. The zero-order chi connectivity index (χ0) is 14.3. The van der Waals surface area contributed by atoms with Crippen LogP contribution in [0.2, 0.25) is 0 Å². The summed E-state index contributed by atoms with van der Waals surface area (Å²) in [6.45, 7) is 4.21. The molecule has 3 N–H and O–H groups in total. The van der Waals surface area contributed by atoms with Gasteiger partial charge < -0.3 is 15.7 Å². The summed E-state index contributed by atoms with van der Waals surface area (Å²) in [6.07, 6.45) is 2.11. The first kappa shape index (κ1) is 15.4. The quantitative estimate of drug-likeness (QED) is 0.713. The standard InChI is InChI=1S/C12H19N3O3S/c1-3-4-5-9(11(16)17)15-12(18)13-6-10-8(2)14-7-19-10/h7,9H,3-6H2,1-2H3,(H,16,17)(H2,13,15,18)/t9-/m0/s1. The second-order valence-electron chi connectivity index (χ2n) is 4.22. The first-order valence-electron chi connectivity index (χ1n) is 6.20. The maximum atomic E-state index is 11.6. The van der Waals surface area contributed by atoms with Crippen LogP contribution in [0.3, 0.4) is 0 Å². The Morgan fingerprint density at radius 1 is 1.53 bits per heavy atom. The number of nitrogens with zero attached hydrogens (tertiary/aromatic N) is 1. The normalized spacial score (nSPS) is 11.9. The van der Waals surface area contributed by atoms with Crippen molar-refractivity contribution >= 4 is 23.3 Å². The van der Waals surface area contributed by atoms with Gasteiger partial charge in [-0.15, -0.1) is 11.3 Å². The van der Waals surface area contributed by atoms with E-state index in [0.29, 0.717) is 13.0 Å². The molecule has 0 spiro atoms. The molecule has 0 aromatic carbocycles. The molecular weight excluding hydrogens is 266 g/mol. The number of nitrogens with one attached hydrogen (secondary N) is 2. The number of hydrogen-bond acceptors (Lipinski definition) is 4. The molecule has 1 atom stereocenters. The summed E-state index contributed by atoms with van der Waals surface area (Å²) >= 11 is 1.46. The second-order valence-corrected chi connectivity index (χ2v) is 5.16. The zero-order valence-corrected chi connectivity index (χ0v) is 11.9. The van der Waals surface area contributed by atoms with Crippen LogP contribution in [0.5, 0.6) is 0 Å². The number of amides is 2. The smallest absolute Gasteiger partial charge is 0.326 e. The summed E-state index contributed by atoms with van der Waals surface area (Å²) in [4.78, 5) is 27.6. The Hall–Kier alpha value is -1.63. The van der Waals surface area contributed by atoms with Crippen LogP contribution >= 0.6 is 11.3 Å². The molecule has 6 nitrogen and oxygen atoms in total. The number of urea groups is 1. The fourth-order valence-electron chi connectivity index (χ4n) is 1.53. The Balaban J connectivity index is 2.40. The minimum Gasteiger partial charge on any atom is -0.480 e. The van der Waals surface area contributed by atoms with Gasteiger partial charge in [0.05, 0.1) is 17.7 Å². The molecule has 0 aliphatic heterocycles. The van der Waals surface area contributed by atoms with E-state index in [9.17, 15) is 9.59 Å². The molecule has 0 unspecified atom stereocenters. The van der Waals surface area contributed by atoms with Gasteiger partial charge in [0.2, 0.25) is 0 Å². The Bertz CT molecular complexity index is 434. The number of carboxylic acid groups (broad SMARTS) is 1. The summed E-state index contributed by atoms with van der Waals surface area (Å²) in [6, 6.07) is -1.29.